The molecule has 1 saturated heterocycles. The largest absolute Gasteiger partial charge is 0.354 e. The Balaban J connectivity index is 1.24. The van der Waals surface area contributed by atoms with Crippen molar-refractivity contribution in [2.75, 3.05) is 50.0 Å². The lowest BCUT2D eigenvalue weighted by molar-refractivity contribution is 0.0893. The van der Waals surface area contributed by atoms with E-state index in [9.17, 15) is 13.6 Å². The van der Waals surface area contributed by atoms with Gasteiger partial charge in [0.2, 0.25) is 5.95 Å². The Morgan fingerprint density at radius 3 is 2.79 bits per heavy atom. The summed E-state index contributed by atoms with van der Waals surface area (Å²) in [6.45, 7) is 3.12. The summed E-state index contributed by atoms with van der Waals surface area (Å²) in [4.78, 5) is 33.8. The summed E-state index contributed by atoms with van der Waals surface area (Å²) in [7, 11) is 2.12. The van der Waals surface area contributed by atoms with Crippen molar-refractivity contribution in [1.29, 1.82) is 0 Å². The van der Waals surface area contributed by atoms with E-state index in [0.717, 1.165) is 54.2 Å². The quantitative estimate of drug-likeness (QED) is 0.293. The van der Waals surface area contributed by atoms with E-state index in [4.69, 9.17) is 0 Å². The Morgan fingerprint density at radius 2 is 1.97 bits per heavy atom. The van der Waals surface area contributed by atoms with Gasteiger partial charge in [-0.1, -0.05) is 0 Å². The average molecular weight is 533 g/mol. The molecule has 5 aromatic rings. The van der Waals surface area contributed by atoms with Crippen molar-refractivity contribution in [2.24, 2.45) is 0 Å². The van der Waals surface area contributed by atoms with Crippen LogP contribution >= 0.6 is 0 Å². The maximum atomic E-state index is 12.5. The number of amides is 1. The van der Waals surface area contributed by atoms with E-state index >= 15 is 0 Å². The molecule has 0 aromatic carbocycles. The highest BCUT2D eigenvalue weighted by Crippen LogP contribution is 2.30. The molecule has 0 aliphatic carbocycles. The molecule has 0 spiro atoms. The summed E-state index contributed by atoms with van der Waals surface area (Å²) < 4.78 is 26.6. The molecule has 39 heavy (non-hydrogen) atoms. The lowest BCUT2D eigenvalue weighted by atomic mass is 10.1. The van der Waals surface area contributed by atoms with E-state index in [1.807, 2.05) is 24.4 Å². The first-order valence-electron chi connectivity index (χ1n) is 12.5. The number of nitrogens with zero attached hydrogens (tertiary/aromatic N) is 7. The van der Waals surface area contributed by atoms with Crippen LogP contribution in [0.1, 0.15) is 10.4 Å². The van der Waals surface area contributed by atoms with Crippen LogP contribution in [0.3, 0.4) is 0 Å². The molecule has 1 amide bonds. The molecule has 1 aliphatic rings. The van der Waals surface area contributed by atoms with Crippen LogP contribution in [0, 0.1) is 0 Å². The Kier molecular flexibility index (Phi) is 6.49. The van der Waals surface area contributed by atoms with Gasteiger partial charge in [-0.3, -0.25) is 4.79 Å². The predicted molar refractivity (Wildman–Crippen MR) is 144 cm³/mol. The molecule has 3 N–H and O–H groups in total. The Bertz CT molecular complexity index is 1640. The molecule has 1 aliphatic heterocycles. The SMILES string of the molecule is CN1CCN(c2cc(Nc3ncc4c(-c5ccn6ncc(C(=O)NCC(F)F)c6c5)c[nH]c4n3)ccn2)CC1. The number of anilines is 3. The summed E-state index contributed by atoms with van der Waals surface area (Å²) in [6, 6.07) is 7.51. The van der Waals surface area contributed by atoms with Crippen LogP contribution in [0.4, 0.5) is 26.2 Å². The first-order chi connectivity index (χ1) is 18.9. The van der Waals surface area contributed by atoms with E-state index < -0.39 is 18.9 Å². The van der Waals surface area contributed by atoms with Gasteiger partial charge < -0.3 is 25.4 Å². The second-order valence-electron chi connectivity index (χ2n) is 9.38. The van der Waals surface area contributed by atoms with Crippen molar-refractivity contribution in [3.63, 3.8) is 0 Å². The number of carbonyl (C=O) groups excluding carboxylic acids is 1. The number of fused-ring (bicyclic) bond motifs is 2. The minimum Gasteiger partial charge on any atom is -0.354 e. The molecule has 0 bridgehead atoms. The molecule has 200 valence electrons. The summed E-state index contributed by atoms with van der Waals surface area (Å²) >= 11 is 0. The number of likely N-dealkylation sites (N-methyl/N-ethyl adjacent to an activating group) is 1. The smallest absolute Gasteiger partial charge is 0.255 e. The fourth-order valence-corrected chi connectivity index (χ4v) is 4.63. The van der Waals surface area contributed by atoms with Gasteiger partial charge in [0.05, 0.1) is 23.8 Å². The van der Waals surface area contributed by atoms with Crippen LogP contribution < -0.4 is 15.5 Å². The van der Waals surface area contributed by atoms with E-state index in [1.54, 1.807) is 24.7 Å². The zero-order valence-corrected chi connectivity index (χ0v) is 21.1. The molecule has 0 radical (unpaired) electrons. The molecule has 6 rings (SSSR count). The van der Waals surface area contributed by atoms with Crippen LogP contribution in [-0.4, -0.2) is 86.6 Å². The maximum Gasteiger partial charge on any atom is 0.255 e. The van der Waals surface area contributed by atoms with Crippen molar-refractivity contribution in [2.45, 2.75) is 6.43 Å². The van der Waals surface area contributed by atoms with E-state index in [-0.39, 0.29) is 5.56 Å². The molecule has 11 nitrogen and oxygen atoms in total. The number of alkyl halides is 2. The van der Waals surface area contributed by atoms with Crippen molar-refractivity contribution in [3.8, 4) is 11.1 Å². The normalized spacial score (nSPS) is 14.4. The monoisotopic (exact) mass is 532 g/mol. The Morgan fingerprint density at radius 1 is 1.13 bits per heavy atom. The first kappa shape index (κ1) is 24.7. The van der Waals surface area contributed by atoms with Crippen LogP contribution in [0.2, 0.25) is 0 Å². The van der Waals surface area contributed by atoms with Gasteiger partial charge in [0.1, 0.15) is 11.5 Å². The van der Waals surface area contributed by atoms with Crippen LogP contribution in [0.15, 0.2) is 55.2 Å². The molecular formula is C26H26F2N10O. The molecular weight excluding hydrogens is 506 g/mol. The fraction of sp³-hybridized carbons (Fsp3) is 0.269. The standard InChI is InChI=1S/C26H26F2N10O/c1-36-6-8-37(9-7-36)23-11-17(2-4-29-23)34-26-32-13-19-18(12-30-24(19)35-26)16-3-5-38-21(10-16)20(14-33-38)25(39)31-15-22(27)28/h2-5,10-14,22H,6-9,15H2,1H3,(H,31,39)(H2,29,30,32,34,35). The zero-order valence-electron chi connectivity index (χ0n) is 21.1. The number of hydrogen-bond donors (Lipinski definition) is 3. The molecule has 0 atom stereocenters. The van der Waals surface area contributed by atoms with Gasteiger partial charge in [-0.05, 0) is 30.8 Å². The number of piperazine rings is 1. The number of H-pyrrole nitrogens is 1. The zero-order chi connectivity index (χ0) is 26.9. The van der Waals surface area contributed by atoms with Gasteiger partial charge in [-0.25, -0.2) is 23.3 Å². The van der Waals surface area contributed by atoms with E-state index in [2.05, 4.69) is 52.5 Å². The van der Waals surface area contributed by atoms with E-state index in [1.165, 1.54) is 10.7 Å². The molecule has 5 aromatic heterocycles. The lowest BCUT2D eigenvalue weighted by Crippen LogP contribution is -2.44. The van der Waals surface area contributed by atoms with Crippen molar-refractivity contribution in [1.82, 2.24) is 39.8 Å². The third-order valence-electron chi connectivity index (χ3n) is 6.76. The average Bonchev–Trinajstić information content (AvgIpc) is 3.56. The van der Waals surface area contributed by atoms with Gasteiger partial charge in [-0.15, -0.1) is 0 Å². The van der Waals surface area contributed by atoms with Gasteiger partial charge in [0.25, 0.3) is 12.3 Å². The van der Waals surface area contributed by atoms with Crippen molar-refractivity contribution in [3.05, 3.63) is 60.8 Å². The highest BCUT2D eigenvalue weighted by Gasteiger charge is 2.18. The predicted octanol–water partition coefficient (Wildman–Crippen LogP) is 3.16. The van der Waals surface area contributed by atoms with Crippen LogP contribution in [0.25, 0.3) is 27.7 Å². The number of pyridine rings is 2. The highest BCUT2D eigenvalue weighted by molar-refractivity contribution is 6.02. The fourth-order valence-electron chi connectivity index (χ4n) is 4.63. The third-order valence-corrected chi connectivity index (χ3v) is 6.76. The molecule has 0 saturated carbocycles. The third kappa shape index (κ3) is 5.08. The lowest BCUT2D eigenvalue weighted by Gasteiger charge is -2.33. The minimum absolute atomic E-state index is 0.216. The van der Waals surface area contributed by atoms with Gasteiger partial charge >= 0.3 is 0 Å². The number of carbonyl (C=O) groups is 1. The number of halogens is 2. The first-order valence-corrected chi connectivity index (χ1v) is 12.5. The van der Waals surface area contributed by atoms with Crippen molar-refractivity contribution >= 4 is 39.9 Å². The number of aromatic nitrogens is 6. The summed E-state index contributed by atoms with van der Waals surface area (Å²) in [5.41, 5.74) is 3.83. The highest BCUT2D eigenvalue weighted by atomic mass is 19.3. The topological polar surface area (TPSA) is 119 Å². The summed E-state index contributed by atoms with van der Waals surface area (Å²) in [5, 5.41) is 10.4. The number of hydrogen-bond acceptors (Lipinski definition) is 8. The molecule has 6 heterocycles. The molecule has 1 fully saturated rings. The number of aromatic amines is 1. The van der Waals surface area contributed by atoms with Gasteiger partial charge in [0, 0.05) is 73.7 Å². The van der Waals surface area contributed by atoms with Crippen LogP contribution in [0.5, 0.6) is 0 Å². The second kappa shape index (κ2) is 10.3. The minimum atomic E-state index is -2.63. The van der Waals surface area contributed by atoms with Crippen LogP contribution in [-0.2, 0) is 0 Å². The second-order valence-corrected chi connectivity index (χ2v) is 9.38. The van der Waals surface area contributed by atoms with E-state index in [0.29, 0.717) is 17.1 Å². The Hall–Kier alpha value is -4.65. The number of rotatable bonds is 7. The summed E-state index contributed by atoms with van der Waals surface area (Å²) in [6.07, 6.45) is 5.77. The summed E-state index contributed by atoms with van der Waals surface area (Å²) in [5.74, 6) is 0.747. The van der Waals surface area contributed by atoms with Gasteiger partial charge in [0.15, 0.2) is 0 Å². The maximum absolute atomic E-state index is 12.5. The molecule has 0 unspecified atom stereocenters. The van der Waals surface area contributed by atoms with Crippen molar-refractivity contribution < 1.29 is 13.6 Å². The molecule has 13 heteroatoms. The van der Waals surface area contributed by atoms with Gasteiger partial charge in [-0.2, -0.15) is 10.1 Å². The number of nitrogens with one attached hydrogen (secondary N) is 3. The Labute approximate surface area is 221 Å².